The molecule has 0 saturated heterocycles. The Morgan fingerprint density at radius 2 is 1.64 bits per heavy atom. The van der Waals surface area contributed by atoms with Crippen LogP contribution in [0.3, 0.4) is 0 Å². The summed E-state index contributed by atoms with van der Waals surface area (Å²) in [6.45, 7) is 6.59. The highest BCUT2D eigenvalue weighted by Crippen LogP contribution is 2.10. The molecule has 0 fully saturated rings. The summed E-state index contributed by atoms with van der Waals surface area (Å²) in [5.41, 5.74) is 0. The Morgan fingerprint density at radius 1 is 1.07 bits per heavy atom. The molecule has 0 N–H and O–H groups in total. The number of hydrogen-bond acceptors (Lipinski definition) is 2. The number of unbranched alkanes of at least 4 members (excludes halogenated alkanes) is 4. The standard InChI is InChI=1S/C12H24O2/c1-11(2)9-7-5-4-6-8-10-14-12(3)13/h11H,4-10H2,1-3H3. The molecular weight excluding hydrogens is 176 g/mol. The Kier molecular flexibility index (Phi) is 8.70. The number of carbonyl (C=O) groups is 1. The molecule has 0 atom stereocenters. The first-order valence-corrected chi connectivity index (χ1v) is 5.76. The minimum absolute atomic E-state index is 0.162. The first-order valence-electron chi connectivity index (χ1n) is 5.76. The maximum atomic E-state index is 10.4. The first kappa shape index (κ1) is 13.5. The minimum Gasteiger partial charge on any atom is -0.466 e. The summed E-state index contributed by atoms with van der Waals surface area (Å²) >= 11 is 0. The van der Waals surface area contributed by atoms with Crippen molar-refractivity contribution in [3.63, 3.8) is 0 Å². The molecule has 0 rings (SSSR count). The van der Waals surface area contributed by atoms with E-state index in [1.165, 1.54) is 39.0 Å². The summed E-state index contributed by atoms with van der Waals surface area (Å²) in [5, 5.41) is 0. The van der Waals surface area contributed by atoms with Crippen molar-refractivity contribution in [1.29, 1.82) is 0 Å². The molecule has 0 aromatic rings. The molecule has 0 heterocycles. The van der Waals surface area contributed by atoms with Crippen LogP contribution in [-0.4, -0.2) is 12.6 Å². The van der Waals surface area contributed by atoms with Gasteiger partial charge in [-0.05, 0) is 12.3 Å². The van der Waals surface area contributed by atoms with Gasteiger partial charge in [0, 0.05) is 6.92 Å². The van der Waals surface area contributed by atoms with Gasteiger partial charge in [0.15, 0.2) is 0 Å². The molecule has 0 spiro atoms. The van der Waals surface area contributed by atoms with Gasteiger partial charge in [-0.15, -0.1) is 0 Å². The van der Waals surface area contributed by atoms with E-state index >= 15 is 0 Å². The van der Waals surface area contributed by atoms with Crippen LogP contribution in [-0.2, 0) is 9.53 Å². The van der Waals surface area contributed by atoms with Crippen LogP contribution in [0.5, 0.6) is 0 Å². The molecule has 0 aliphatic carbocycles. The average Bonchev–Trinajstić information content (AvgIpc) is 2.08. The summed E-state index contributed by atoms with van der Waals surface area (Å²) in [4.78, 5) is 10.4. The van der Waals surface area contributed by atoms with Gasteiger partial charge in [0.1, 0.15) is 0 Å². The second-order valence-corrected chi connectivity index (χ2v) is 4.29. The van der Waals surface area contributed by atoms with Crippen molar-refractivity contribution in [3.05, 3.63) is 0 Å². The van der Waals surface area contributed by atoms with Gasteiger partial charge in [0.2, 0.25) is 0 Å². The second kappa shape index (κ2) is 9.04. The van der Waals surface area contributed by atoms with Gasteiger partial charge in [-0.2, -0.15) is 0 Å². The van der Waals surface area contributed by atoms with Gasteiger partial charge < -0.3 is 4.74 Å². The van der Waals surface area contributed by atoms with E-state index in [1.807, 2.05) is 0 Å². The summed E-state index contributed by atoms with van der Waals surface area (Å²) in [7, 11) is 0. The Labute approximate surface area is 88.0 Å². The molecule has 2 heteroatoms. The zero-order valence-corrected chi connectivity index (χ0v) is 9.84. The van der Waals surface area contributed by atoms with Crippen molar-refractivity contribution in [3.8, 4) is 0 Å². The lowest BCUT2D eigenvalue weighted by molar-refractivity contribution is -0.141. The average molecular weight is 200 g/mol. The molecule has 2 nitrogen and oxygen atoms in total. The Balaban J connectivity index is 2.96. The quantitative estimate of drug-likeness (QED) is 0.442. The van der Waals surface area contributed by atoms with Crippen LogP contribution in [0.15, 0.2) is 0 Å². The molecule has 84 valence electrons. The third-order valence-corrected chi connectivity index (χ3v) is 2.23. The van der Waals surface area contributed by atoms with Crippen LogP contribution in [0, 0.1) is 5.92 Å². The molecule has 0 radical (unpaired) electrons. The maximum absolute atomic E-state index is 10.4. The lowest BCUT2D eigenvalue weighted by Crippen LogP contribution is -2.00. The van der Waals surface area contributed by atoms with Gasteiger partial charge in [0.25, 0.3) is 0 Å². The number of rotatable bonds is 8. The van der Waals surface area contributed by atoms with E-state index in [-0.39, 0.29) is 5.97 Å². The van der Waals surface area contributed by atoms with Crippen LogP contribution < -0.4 is 0 Å². The van der Waals surface area contributed by atoms with Crippen molar-refractivity contribution >= 4 is 5.97 Å². The Morgan fingerprint density at radius 3 is 2.21 bits per heavy atom. The first-order chi connectivity index (χ1) is 6.63. The molecule has 0 aromatic carbocycles. The Bertz CT molecular complexity index is 141. The highest BCUT2D eigenvalue weighted by atomic mass is 16.5. The van der Waals surface area contributed by atoms with Crippen molar-refractivity contribution in [2.24, 2.45) is 5.92 Å². The number of hydrogen-bond donors (Lipinski definition) is 0. The lowest BCUT2D eigenvalue weighted by Gasteiger charge is -2.04. The van der Waals surface area contributed by atoms with Crippen LogP contribution in [0.1, 0.15) is 59.3 Å². The maximum Gasteiger partial charge on any atom is 0.302 e. The minimum atomic E-state index is -0.162. The van der Waals surface area contributed by atoms with Crippen molar-refractivity contribution in [1.82, 2.24) is 0 Å². The highest BCUT2D eigenvalue weighted by molar-refractivity contribution is 5.65. The van der Waals surface area contributed by atoms with Gasteiger partial charge in [0.05, 0.1) is 6.61 Å². The third-order valence-electron chi connectivity index (χ3n) is 2.23. The van der Waals surface area contributed by atoms with E-state index in [9.17, 15) is 4.79 Å². The molecular formula is C12H24O2. The third kappa shape index (κ3) is 11.5. The van der Waals surface area contributed by atoms with Crippen LogP contribution in [0.2, 0.25) is 0 Å². The molecule has 0 aromatic heterocycles. The molecule has 0 bridgehead atoms. The molecule has 0 unspecified atom stereocenters. The van der Waals surface area contributed by atoms with E-state index < -0.39 is 0 Å². The Hall–Kier alpha value is -0.530. The zero-order valence-electron chi connectivity index (χ0n) is 9.84. The second-order valence-electron chi connectivity index (χ2n) is 4.29. The SMILES string of the molecule is CC(=O)OCCCCCCCC(C)C. The smallest absolute Gasteiger partial charge is 0.302 e. The van der Waals surface area contributed by atoms with Crippen molar-refractivity contribution < 1.29 is 9.53 Å². The number of esters is 1. The predicted molar refractivity (Wildman–Crippen MR) is 59.2 cm³/mol. The predicted octanol–water partition coefficient (Wildman–Crippen LogP) is 3.55. The van der Waals surface area contributed by atoms with E-state index in [4.69, 9.17) is 4.74 Å². The summed E-state index contributed by atoms with van der Waals surface area (Å²) in [6.07, 6.45) is 7.47. The monoisotopic (exact) mass is 200 g/mol. The zero-order chi connectivity index (χ0) is 10.8. The fraction of sp³-hybridized carbons (Fsp3) is 0.917. The van der Waals surface area contributed by atoms with Crippen molar-refractivity contribution in [2.75, 3.05) is 6.61 Å². The highest BCUT2D eigenvalue weighted by Gasteiger charge is 1.95. The summed E-state index contributed by atoms with van der Waals surface area (Å²) in [5.74, 6) is 0.667. The van der Waals surface area contributed by atoms with Crippen molar-refractivity contribution in [2.45, 2.75) is 59.3 Å². The van der Waals surface area contributed by atoms with E-state index in [0.717, 1.165) is 12.3 Å². The van der Waals surface area contributed by atoms with E-state index in [0.29, 0.717) is 6.61 Å². The van der Waals surface area contributed by atoms with Gasteiger partial charge in [-0.25, -0.2) is 0 Å². The molecule has 14 heavy (non-hydrogen) atoms. The van der Waals surface area contributed by atoms with Crippen LogP contribution in [0.4, 0.5) is 0 Å². The normalized spacial score (nSPS) is 10.6. The largest absolute Gasteiger partial charge is 0.466 e. The molecule has 0 saturated carbocycles. The number of ether oxygens (including phenoxy) is 1. The fourth-order valence-electron chi connectivity index (χ4n) is 1.40. The van der Waals surface area contributed by atoms with Gasteiger partial charge >= 0.3 is 5.97 Å². The fourth-order valence-corrected chi connectivity index (χ4v) is 1.40. The lowest BCUT2D eigenvalue weighted by atomic mass is 10.0. The van der Waals surface area contributed by atoms with Gasteiger partial charge in [-0.3, -0.25) is 4.79 Å². The molecule has 0 aliphatic rings. The van der Waals surface area contributed by atoms with Crippen LogP contribution in [0.25, 0.3) is 0 Å². The van der Waals surface area contributed by atoms with Gasteiger partial charge in [-0.1, -0.05) is 46.0 Å². The van der Waals surface area contributed by atoms with E-state index in [2.05, 4.69) is 13.8 Å². The number of carbonyl (C=O) groups excluding carboxylic acids is 1. The topological polar surface area (TPSA) is 26.3 Å². The summed E-state index contributed by atoms with van der Waals surface area (Å²) < 4.78 is 4.85. The molecule has 0 amide bonds. The molecule has 0 aliphatic heterocycles. The van der Waals surface area contributed by atoms with Crippen LogP contribution >= 0.6 is 0 Å². The summed E-state index contributed by atoms with van der Waals surface area (Å²) in [6, 6.07) is 0. The van der Waals surface area contributed by atoms with E-state index in [1.54, 1.807) is 0 Å².